The Bertz CT molecular complexity index is 981. The maximum atomic E-state index is 13.1. The number of halogens is 1. The summed E-state index contributed by atoms with van der Waals surface area (Å²) in [4.78, 5) is 38.8. The van der Waals surface area contributed by atoms with Gasteiger partial charge in [-0.25, -0.2) is 0 Å². The SMILES string of the molecule is CCOCC(=O)N(CC1CC1)C1CC(C(=O)NCCO)=CC(Oc2c(I)cc(C=O)cc2OC)C1O. The summed E-state index contributed by atoms with van der Waals surface area (Å²) >= 11 is 2.01. The van der Waals surface area contributed by atoms with Crippen LogP contribution in [0.15, 0.2) is 23.8 Å². The molecule has 2 amide bonds. The normalized spacial score (nSPS) is 21.4. The topological polar surface area (TPSA) is 135 Å². The van der Waals surface area contributed by atoms with Crippen molar-refractivity contribution in [1.29, 1.82) is 0 Å². The van der Waals surface area contributed by atoms with Crippen LogP contribution in [0.1, 0.15) is 36.5 Å². The van der Waals surface area contributed by atoms with E-state index in [-0.39, 0.29) is 32.1 Å². The number of carbonyl (C=O) groups excluding carboxylic acids is 3. The molecule has 0 heterocycles. The summed E-state index contributed by atoms with van der Waals surface area (Å²) in [6, 6.07) is 2.43. The van der Waals surface area contributed by atoms with Crippen molar-refractivity contribution >= 4 is 40.7 Å². The molecule has 0 aliphatic heterocycles. The molecule has 3 N–H and O–H groups in total. The van der Waals surface area contributed by atoms with E-state index < -0.39 is 24.2 Å². The summed E-state index contributed by atoms with van der Waals surface area (Å²) in [6.45, 7) is 2.38. The van der Waals surface area contributed by atoms with Gasteiger partial charge in [-0.2, -0.15) is 0 Å². The minimum atomic E-state index is -1.14. The predicted molar refractivity (Wildman–Crippen MR) is 139 cm³/mol. The third kappa shape index (κ3) is 7.17. The maximum Gasteiger partial charge on any atom is 0.248 e. The number of nitrogens with one attached hydrogen (secondary N) is 1. The Morgan fingerprint density at radius 1 is 1.31 bits per heavy atom. The van der Waals surface area contributed by atoms with Crippen LogP contribution in [-0.4, -0.2) is 91.5 Å². The van der Waals surface area contributed by atoms with Gasteiger partial charge < -0.3 is 34.6 Å². The molecule has 2 aliphatic rings. The van der Waals surface area contributed by atoms with Crippen molar-refractivity contribution < 1.29 is 38.8 Å². The molecule has 0 aromatic heterocycles. The molecule has 3 atom stereocenters. The molecule has 3 rings (SSSR count). The van der Waals surface area contributed by atoms with Gasteiger partial charge in [0, 0.05) is 37.3 Å². The maximum absolute atomic E-state index is 13.1. The van der Waals surface area contributed by atoms with Crippen LogP contribution in [0, 0.1) is 9.49 Å². The van der Waals surface area contributed by atoms with Crippen molar-refractivity contribution in [2.45, 2.75) is 44.4 Å². The van der Waals surface area contributed by atoms with Gasteiger partial charge in [-0.3, -0.25) is 14.4 Å². The third-order valence-corrected chi connectivity index (χ3v) is 6.96. The largest absolute Gasteiger partial charge is 0.493 e. The fourth-order valence-electron chi connectivity index (χ4n) is 4.11. The molecule has 36 heavy (non-hydrogen) atoms. The minimum Gasteiger partial charge on any atom is -0.493 e. The summed E-state index contributed by atoms with van der Waals surface area (Å²) in [7, 11) is 1.44. The van der Waals surface area contributed by atoms with Gasteiger partial charge in [-0.1, -0.05) is 0 Å². The van der Waals surface area contributed by atoms with E-state index in [9.17, 15) is 19.5 Å². The fraction of sp³-hybridized carbons (Fsp3) is 0.560. The first-order valence-corrected chi connectivity index (χ1v) is 13.0. The number of methoxy groups -OCH3 is 1. The van der Waals surface area contributed by atoms with Crippen LogP contribution in [0.5, 0.6) is 11.5 Å². The average Bonchev–Trinajstić information content (AvgIpc) is 3.70. The van der Waals surface area contributed by atoms with E-state index >= 15 is 0 Å². The molecule has 1 saturated carbocycles. The first-order valence-electron chi connectivity index (χ1n) is 12.0. The molecular formula is C25H33IN2O8. The van der Waals surface area contributed by atoms with Gasteiger partial charge in [0.2, 0.25) is 11.8 Å². The van der Waals surface area contributed by atoms with Crippen molar-refractivity contribution in [3.05, 3.63) is 32.9 Å². The number of rotatable bonds is 13. The summed E-state index contributed by atoms with van der Waals surface area (Å²) < 4.78 is 17.5. The molecule has 1 aromatic rings. The van der Waals surface area contributed by atoms with Crippen LogP contribution < -0.4 is 14.8 Å². The summed E-state index contributed by atoms with van der Waals surface area (Å²) in [5.41, 5.74) is 0.745. The zero-order chi connectivity index (χ0) is 26.2. The second-order valence-corrected chi connectivity index (χ2v) is 9.96. The lowest BCUT2D eigenvalue weighted by Crippen LogP contribution is -2.56. The number of benzene rings is 1. The highest BCUT2D eigenvalue weighted by atomic mass is 127. The monoisotopic (exact) mass is 616 g/mol. The van der Waals surface area contributed by atoms with Crippen LogP contribution in [0.3, 0.4) is 0 Å². The van der Waals surface area contributed by atoms with Gasteiger partial charge >= 0.3 is 0 Å². The first-order chi connectivity index (χ1) is 17.3. The number of aliphatic hydroxyl groups excluding tert-OH is 2. The Balaban J connectivity index is 1.96. The van der Waals surface area contributed by atoms with Crippen molar-refractivity contribution in [2.75, 3.05) is 40.0 Å². The Morgan fingerprint density at radius 3 is 2.67 bits per heavy atom. The van der Waals surface area contributed by atoms with E-state index in [1.165, 1.54) is 13.2 Å². The summed E-state index contributed by atoms with van der Waals surface area (Å²) in [5.74, 6) is 0.299. The molecule has 3 unspecified atom stereocenters. The fourth-order valence-corrected chi connectivity index (χ4v) is 4.86. The standard InChI is InChI=1S/C25H33IN2O8/c1-3-35-14-22(31)28(12-15-4-5-15)19-10-17(25(33)27-6-7-29)11-20(23(19)32)36-24-18(26)8-16(13-30)9-21(24)34-2/h8-9,11,13,15,19-20,23,29,32H,3-7,10,12,14H2,1-2H3,(H,27,33). The Labute approximate surface area is 224 Å². The predicted octanol–water partition coefficient (Wildman–Crippen LogP) is 1.30. The highest BCUT2D eigenvalue weighted by Crippen LogP contribution is 2.38. The number of hydrogen-bond donors (Lipinski definition) is 3. The van der Waals surface area contributed by atoms with Crippen LogP contribution in [0.25, 0.3) is 0 Å². The van der Waals surface area contributed by atoms with Gasteiger partial charge in [-0.05, 0) is 66.5 Å². The van der Waals surface area contributed by atoms with Crippen molar-refractivity contribution in [3.63, 3.8) is 0 Å². The lowest BCUT2D eigenvalue weighted by atomic mass is 9.88. The van der Waals surface area contributed by atoms with Crippen molar-refractivity contribution in [3.8, 4) is 11.5 Å². The first kappa shape index (κ1) is 28.4. The third-order valence-electron chi connectivity index (χ3n) is 6.16. The Hall–Kier alpha value is -2.22. The van der Waals surface area contributed by atoms with E-state index in [0.29, 0.717) is 51.6 Å². The molecule has 0 spiro atoms. The smallest absolute Gasteiger partial charge is 0.248 e. The molecular weight excluding hydrogens is 583 g/mol. The minimum absolute atomic E-state index is 0.0723. The molecule has 0 saturated heterocycles. The molecule has 2 aliphatic carbocycles. The van der Waals surface area contributed by atoms with E-state index in [0.717, 1.165) is 12.8 Å². The average molecular weight is 616 g/mol. The van der Waals surface area contributed by atoms with E-state index in [1.807, 2.05) is 22.6 Å². The van der Waals surface area contributed by atoms with Crippen LogP contribution in [0.2, 0.25) is 0 Å². The molecule has 10 nitrogen and oxygen atoms in total. The quantitative estimate of drug-likeness (QED) is 0.223. The molecule has 11 heteroatoms. The van der Waals surface area contributed by atoms with Crippen LogP contribution in [-0.2, 0) is 14.3 Å². The number of amides is 2. The van der Waals surface area contributed by atoms with Gasteiger partial charge in [0.05, 0.1) is 23.3 Å². The zero-order valence-electron chi connectivity index (χ0n) is 20.4. The number of hydrogen-bond acceptors (Lipinski definition) is 8. The number of ether oxygens (including phenoxy) is 3. The van der Waals surface area contributed by atoms with Crippen LogP contribution >= 0.6 is 22.6 Å². The van der Waals surface area contributed by atoms with Gasteiger partial charge in [0.15, 0.2) is 11.5 Å². The van der Waals surface area contributed by atoms with Gasteiger partial charge in [0.25, 0.3) is 0 Å². The summed E-state index contributed by atoms with van der Waals surface area (Å²) in [6.07, 6.45) is 2.24. The lowest BCUT2D eigenvalue weighted by Gasteiger charge is -2.40. The van der Waals surface area contributed by atoms with Crippen molar-refractivity contribution in [1.82, 2.24) is 10.2 Å². The summed E-state index contributed by atoms with van der Waals surface area (Å²) in [5, 5.41) is 23.2. The Kier molecular flexibility index (Phi) is 10.5. The second kappa shape index (κ2) is 13.4. The zero-order valence-corrected chi connectivity index (χ0v) is 22.6. The number of nitrogens with zero attached hydrogens (tertiary/aromatic N) is 1. The number of carbonyl (C=O) groups is 3. The lowest BCUT2D eigenvalue weighted by molar-refractivity contribution is -0.143. The Morgan fingerprint density at radius 2 is 2.06 bits per heavy atom. The molecule has 0 radical (unpaired) electrons. The highest BCUT2D eigenvalue weighted by Gasteiger charge is 2.42. The second-order valence-electron chi connectivity index (χ2n) is 8.79. The molecule has 198 valence electrons. The molecule has 0 bridgehead atoms. The number of aldehydes is 1. The van der Waals surface area contributed by atoms with E-state index in [4.69, 9.17) is 19.3 Å². The van der Waals surface area contributed by atoms with Gasteiger partial charge in [0.1, 0.15) is 25.1 Å². The molecule has 1 fully saturated rings. The highest BCUT2D eigenvalue weighted by molar-refractivity contribution is 14.1. The molecule has 1 aromatic carbocycles. The van der Waals surface area contributed by atoms with Crippen LogP contribution in [0.4, 0.5) is 0 Å². The van der Waals surface area contributed by atoms with E-state index in [2.05, 4.69) is 5.32 Å². The van der Waals surface area contributed by atoms with Gasteiger partial charge in [-0.15, -0.1) is 0 Å². The van der Waals surface area contributed by atoms with Crippen molar-refractivity contribution in [2.24, 2.45) is 5.92 Å². The van der Waals surface area contributed by atoms with E-state index in [1.54, 1.807) is 24.0 Å². The number of aliphatic hydroxyl groups is 2.